The van der Waals surface area contributed by atoms with E-state index in [-0.39, 0.29) is 6.61 Å². The van der Waals surface area contributed by atoms with Crippen LogP contribution in [-0.4, -0.2) is 13.2 Å². The minimum atomic E-state index is 0.268. The zero-order chi connectivity index (χ0) is 17.5. The topological polar surface area (TPSA) is 30.5 Å². The Labute approximate surface area is 161 Å². The maximum Gasteiger partial charge on any atom is 0.175 e. The summed E-state index contributed by atoms with van der Waals surface area (Å²) in [6, 6.07) is 9.41. The first-order valence-electron chi connectivity index (χ1n) is 7.78. The van der Waals surface area contributed by atoms with Gasteiger partial charge in [0.05, 0.1) is 11.1 Å². The summed E-state index contributed by atoms with van der Waals surface area (Å²) >= 11 is 16.0. The van der Waals surface area contributed by atoms with Crippen LogP contribution in [0, 0.1) is 0 Å². The summed E-state index contributed by atoms with van der Waals surface area (Å²) in [4.78, 5) is 0. The zero-order valence-corrected chi connectivity index (χ0v) is 16.8. The SMILES string of the molecule is CCNCc1cc(Br)c(OCc2c(Cl)cccc2Cl)c(OCC)c1. The van der Waals surface area contributed by atoms with Crippen molar-refractivity contribution in [3.8, 4) is 11.5 Å². The van der Waals surface area contributed by atoms with Gasteiger partial charge in [0.1, 0.15) is 6.61 Å². The molecule has 130 valence electrons. The van der Waals surface area contributed by atoms with E-state index in [9.17, 15) is 0 Å². The van der Waals surface area contributed by atoms with Gasteiger partial charge in [-0.1, -0.05) is 36.2 Å². The number of nitrogens with one attached hydrogen (secondary N) is 1. The molecule has 1 N–H and O–H groups in total. The molecule has 0 aliphatic carbocycles. The lowest BCUT2D eigenvalue weighted by Crippen LogP contribution is -2.12. The average Bonchev–Trinajstić information content (AvgIpc) is 2.54. The third-order valence-electron chi connectivity index (χ3n) is 3.37. The van der Waals surface area contributed by atoms with Crippen LogP contribution in [0.3, 0.4) is 0 Å². The van der Waals surface area contributed by atoms with Crippen molar-refractivity contribution in [3.05, 3.63) is 56.0 Å². The molecule has 0 saturated carbocycles. The highest BCUT2D eigenvalue weighted by molar-refractivity contribution is 9.10. The summed E-state index contributed by atoms with van der Waals surface area (Å²) in [7, 11) is 0. The molecule has 0 spiro atoms. The van der Waals surface area contributed by atoms with Gasteiger partial charge in [0.15, 0.2) is 11.5 Å². The summed E-state index contributed by atoms with van der Waals surface area (Å²) < 4.78 is 12.5. The minimum absolute atomic E-state index is 0.268. The number of hydrogen-bond donors (Lipinski definition) is 1. The van der Waals surface area contributed by atoms with Crippen LogP contribution in [0.25, 0.3) is 0 Å². The van der Waals surface area contributed by atoms with E-state index < -0.39 is 0 Å². The summed E-state index contributed by atoms with van der Waals surface area (Å²) in [6.07, 6.45) is 0. The first-order chi connectivity index (χ1) is 11.6. The van der Waals surface area contributed by atoms with Gasteiger partial charge in [-0.05, 0) is 59.2 Å². The largest absolute Gasteiger partial charge is 0.490 e. The van der Waals surface area contributed by atoms with Crippen LogP contribution in [0.5, 0.6) is 11.5 Å². The lowest BCUT2D eigenvalue weighted by atomic mass is 10.2. The molecule has 0 aliphatic heterocycles. The van der Waals surface area contributed by atoms with Crippen molar-refractivity contribution < 1.29 is 9.47 Å². The molecule has 0 atom stereocenters. The summed E-state index contributed by atoms with van der Waals surface area (Å²) in [5.74, 6) is 1.34. The molecular formula is C18H20BrCl2NO2. The van der Waals surface area contributed by atoms with E-state index in [0.717, 1.165) is 28.7 Å². The first kappa shape index (κ1) is 19.4. The fourth-order valence-electron chi connectivity index (χ4n) is 2.21. The van der Waals surface area contributed by atoms with Crippen molar-refractivity contribution in [1.82, 2.24) is 5.32 Å². The molecule has 0 amide bonds. The lowest BCUT2D eigenvalue weighted by molar-refractivity contribution is 0.267. The number of halogens is 3. The second-order valence-corrected chi connectivity index (χ2v) is 6.78. The van der Waals surface area contributed by atoms with Crippen molar-refractivity contribution in [2.24, 2.45) is 0 Å². The highest BCUT2D eigenvalue weighted by atomic mass is 79.9. The normalized spacial score (nSPS) is 10.7. The molecule has 2 rings (SSSR count). The quantitative estimate of drug-likeness (QED) is 0.567. The van der Waals surface area contributed by atoms with Gasteiger partial charge in [-0.25, -0.2) is 0 Å². The fourth-order valence-corrected chi connectivity index (χ4v) is 3.32. The van der Waals surface area contributed by atoms with Crippen LogP contribution in [0.1, 0.15) is 25.0 Å². The minimum Gasteiger partial charge on any atom is -0.490 e. The summed E-state index contributed by atoms with van der Waals surface area (Å²) in [5.41, 5.74) is 1.88. The van der Waals surface area contributed by atoms with E-state index >= 15 is 0 Å². The van der Waals surface area contributed by atoms with Crippen LogP contribution >= 0.6 is 39.1 Å². The molecule has 24 heavy (non-hydrogen) atoms. The van der Waals surface area contributed by atoms with Crippen molar-refractivity contribution in [2.45, 2.75) is 27.0 Å². The van der Waals surface area contributed by atoms with Crippen molar-refractivity contribution in [1.29, 1.82) is 0 Å². The molecule has 0 unspecified atom stereocenters. The highest BCUT2D eigenvalue weighted by Gasteiger charge is 2.14. The molecular weight excluding hydrogens is 413 g/mol. The van der Waals surface area contributed by atoms with E-state index in [2.05, 4.69) is 28.2 Å². The van der Waals surface area contributed by atoms with Crippen LogP contribution < -0.4 is 14.8 Å². The molecule has 0 aliphatic rings. The number of rotatable bonds is 8. The Hall–Kier alpha value is -0.940. The van der Waals surface area contributed by atoms with Gasteiger partial charge in [-0.2, -0.15) is 0 Å². The number of hydrogen-bond acceptors (Lipinski definition) is 3. The van der Waals surface area contributed by atoms with E-state index in [1.165, 1.54) is 0 Å². The molecule has 0 fully saturated rings. The van der Waals surface area contributed by atoms with Crippen molar-refractivity contribution in [2.75, 3.05) is 13.2 Å². The second kappa shape index (κ2) is 9.52. The smallest absolute Gasteiger partial charge is 0.175 e. The highest BCUT2D eigenvalue weighted by Crippen LogP contribution is 2.38. The van der Waals surface area contributed by atoms with Crippen molar-refractivity contribution >= 4 is 39.1 Å². The summed E-state index contributed by atoms with van der Waals surface area (Å²) in [5, 5.41) is 4.47. The summed E-state index contributed by atoms with van der Waals surface area (Å²) in [6.45, 7) is 6.52. The Bertz CT molecular complexity index is 675. The Morgan fingerprint density at radius 2 is 1.79 bits per heavy atom. The van der Waals surface area contributed by atoms with E-state index in [0.29, 0.717) is 28.2 Å². The average molecular weight is 433 g/mol. The molecule has 0 radical (unpaired) electrons. The van der Waals surface area contributed by atoms with Crippen LogP contribution in [0.2, 0.25) is 10.0 Å². The van der Waals surface area contributed by atoms with Crippen LogP contribution in [0.4, 0.5) is 0 Å². The molecule has 0 aromatic heterocycles. The van der Waals surface area contributed by atoms with E-state index in [1.54, 1.807) is 12.1 Å². The van der Waals surface area contributed by atoms with Crippen LogP contribution in [0.15, 0.2) is 34.8 Å². The third-order valence-corrected chi connectivity index (χ3v) is 4.67. The van der Waals surface area contributed by atoms with Crippen LogP contribution in [-0.2, 0) is 13.2 Å². The van der Waals surface area contributed by atoms with Gasteiger partial charge in [0.2, 0.25) is 0 Å². The molecule has 0 saturated heterocycles. The Morgan fingerprint density at radius 3 is 2.42 bits per heavy atom. The fraction of sp³-hybridized carbons (Fsp3) is 0.333. The first-order valence-corrected chi connectivity index (χ1v) is 9.33. The number of benzene rings is 2. The van der Waals surface area contributed by atoms with Gasteiger partial charge >= 0.3 is 0 Å². The monoisotopic (exact) mass is 431 g/mol. The van der Waals surface area contributed by atoms with Gasteiger partial charge in [0, 0.05) is 22.2 Å². The maximum atomic E-state index is 6.20. The molecule has 3 nitrogen and oxygen atoms in total. The molecule has 2 aromatic carbocycles. The maximum absolute atomic E-state index is 6.20. The predicted octanol–water partition coefficient (Wildman–Crippen LogP) is 5.84. The standard InChI is InChI=1S/C18H20BrCl2NO2/c1-3-22-10-12-8-14(19)18(17(9-12)23-4-2)24-11-13-15(20)6-5-7-16(13)21/h5-9,22H,3-4,10-11H2,1-2H3. The second-order valence-electron chi connectivity index (χ2n) is 5.11. The number of ether oxygens (including phenoxy) is 2. The molecule has 2 aromatic rings. The van der Waals surface area contributed by atoms with E-state index in [1.807, 2.05) is 25.1 Å². The van der Waals surface area contributed by atoms with Gasteiger partial charge in [0.25, 0.3) is 0 Å². The van der Waals surface area contributed by atoms with Crippen molar-refractivity contribution in [3.63, 3.8) is 0 Å². The predicted molar refractivity (Wildman–Crippen MR) is 103 cm³/mol. The Kier molecular flexibility index (Phi) is 7.69. The third kappa shape index (κ3) is 5.03. The van der Waals surface area contributed by atoms with Gasteiger partial charge < -0.3 is 14.8 Å². The van der Waals surface area contributed by atoms with Gasteiger partial charge in [-0.3, -0.25) is 0 Å². The molecule has 0 heterocycles. The lowest BCUT2D eigenvalue weighted by Gasteiger charge is -2.16. The molecule has 0 bridgehead atoms. The zero-order valence-electron chi connectivity index (χ0n) is 13.7. The van der Waals surface area contributed by atoms with E-state index in [4.69, 9.17) is 32.7 Å². The molecule has 6 heteroatoms. The Morgan fingerprint density at radius 1 is 1.08 bits per heavy atom. The Balaban J connectivity index is 2.25. The van der Waals surface area contributed by atoms with Gasteiger partial charge in [-0.15, -0.1) is 0 Å².